The van der Waals surface area contributed by atoms with Crippen LogP contribution in [0.15, 0.2) is 54.6 Å². The highest BCUT2D eigenvalue weighted by Crippen LogP contribution is 2.36. The maximum atomic E-state index is 13.5. The minimum absolute atomic E-state index is 0.221. The van der Waals surface area contributed by atoms with Gasteiger partial charge in [-0.2, -0.15) is 5.10 Å². The molecule has 0 aliphatic heterocycles. The van der Waals surface area contributed by atoms with Crippen molar-refractivity contribution in [3.63, 3.8) is 0 Å². The van der Waals surface area contributed by atoms with Crippen molar-refractivity contribution < 1.29 is 19.0 Å². The number of aliphatic carboxylic acids is 1. The molecule has 0 radical (unpaired) electrons. The fourth-order valence-electron chi connectivity index (χ4n) is 4.62. The van der Waals surface area contributed by atoms with Gasteiger partial charge >= 0.3 is 5.97 Å². The number of aromatic nitrogens is 2. The van der Waals surface area contributed by atoms with E-state index in [9.17, 15) is 9.18 Å². The number of benzene rings is 2. The van der Waals surface area contributed by atoms with Crippen LogP contribution in [-0.4, -0.2) is 34.1 Å². The van der Waals surface area contributed by atoms with Crippen molar-refractivity contribution in [1.29, 1.82) is 0 Å². The Morgan fingerprint density at radius 2 is 1.69 bits per heavy atom. The maximum Gasteiger partial charge on any atom is 0.329 e. The van der Waals surface area contributed by atoms with Crippen molar-refractivity contribution in [3.05, 3.63) is 66.1 Å². The molecule has 168 valence electrons. The van der Waals surface area contributed by atoms with E-state index in [0.717, 1.165) is 60.3 Å². The standard InChI is InChI=1S/C26H29FN2O3/c1-18-25(21-11-13-23(27)14-12-21)26(22-5-3-2-4-6-22)28-29(18)15-19-7-9-20(10-8-19)16-32-17-24(30)31/h2-6,11-14,19-20H,7-10,15-17H2,1H3,(H,30,31)/t19-,20-. The number of carboxylic acid groups (broad SMARTS) is 1. The quantitative estimate of drug-likeness (QED) is 0.501. The molecular formula is C26H29FN2O3. The highest BCUT2D eigenvalue weighted by molar-refractivity contribution is 5.82. The van der Waals surface area contributed by atoms with E-state index in [0.29, 0.717) is 18.4 Å². The molecule has 1 aliphatic carbocycles. The Balaban J connectivity index is 1.51. The van der Waals surface area contributed by atoms with Crippen LogP contribution in [0.5, 0.6) is 0 Å². The van der Waals surface area contributed by atoms with Crippen molar-refractivity contribution in [1.82, 2.24) is 9.78 Å². The molecule has 1 N–H and O–H groups in total. The first-order chi connectivity index (χ1) is 15.5. The van der Waals surface area contributed by atoms with E-state index in [2.05, 4.69) is 23.7 Å². The predicted molar refractivity (Wildman–Crippen MR) is 122 cm³/mol. The molecular weight excluding hydrogens is 407 g/mol. The van der Waals surface area contributed by atoms with E-state index in [1.807, 2.05) is 30.3 Å². The lowest BCUT2D eigenvalue weighted by Crippen LogP contribution is -2.23. The number of halogens is 1. The molecule has 0 bridgehead atoms. The van der Waals surface area contributed by atoms with E-state index < -0.39 is 5.97 Å². The summed E-state index contributed by atoms with van der Waals surface area (Å²) in [6, 6.07) is 16.7. The number of carboxylic acids is 1. The number of carbonyl (C=O) groups is 1. The summed E-state index contributed by atoms with van der Waals surface area (Å²) in [5.41, 5.74) is 5.07. The SMILES string of the molecule is Cc1c(-c2ccc(F)cc2)c(-c2ccccc2)nn1C[C@H]1CC[C@H](COCC(=O)O)CC1. The zero-order valence-corrected chi connectivity index (χ0v) is 18.3. The van der Waals surface area contributed by atoms with Gasteiger partial charge in [0.15, 0.2) is 0 Å². The molecule has 1 saturated carbocycles. The average Bonchev–Trinajstić information content (AvgIpc) is 3.12. The second-order valence-electron chi connectivity index (χ2n) is 8.66. The second kappa shape index (κ2) is 10.1. The van der Waals surface area contributed by atoms with Crippen LogP contribution in [0.3, 0.4) is 0 Å². The lowest BCUT2D eigenvalue weighted by Gasteiger charge is -2.28. The molecule has 1 aromatic heterocycles. The Bertz CT molecular complexity index is 1040. The van der Waals surface area contributed by atoms with Gasteiger partial charge in [0.2, 0.25) is 0 Å². The molecule has 4 rings (SSSR count). The lowest BCUT2D eigenvalue weighted by molar-refractivity contribution is -0.142. The summed E-state index contributed by atoms with van der Waals surface area (Å²) in [5.74, 6) is -0.212. The number of ether oxygens (including phenoxy) is 1. The van der Waals surface area contributed by atoms with Crippen LogP contribution in [0.25, 0.3) is 22.4 Å². The number of hydrogen-bond donors (Lipinski definition) is 1. The highest BCUT2D eigenvalue weighted by atomic mass is 19.1. The molecule has 0 saturated heterocycles. The first kappa shape index (κ1) is 22.2. The van der Waals surface area contributed by atoms with Gasteiger partial charge < -0.3 is 9.84 Å². The predicted octanol–water partition coefficient (Wildman–Crippen LogP) is 5.57. The molecule has 0 spiro atoms. The Kier molecular flexibility index (Phi) is 7.00. The maximum absolute atomic E-state index is 13.5. The molecule has 3 aromatic rings. The summed E-state index contributed by atoms with van der Waals surface area (Å²) in [7, 11) is 0. The number of nitrogens with zero attached hydrogens (tertiary/aromatic N) is 2. The summed E-state index contributed by atoms with van der Waals surface area (Å²) in [6.45, 7) is 3.23. The smallest absolute Gasteiger partial charge is 0.329 e. The fraction of sp³-hybridized carbons (Fsp3) is 0.385. The van der Waals surface area contributed by atoms with Crippen molar-refractivity contribution >= 4 is 5.97 Å². The molecule has 1 heterocycles. The highest BCUT2D eigenvalue weighted by Gasteiger charge is 2.24. The normalized spacial score (nSPS) is 18.6. The summed E-state index contributed by atoms with van der Waals surface area (Å²) in [5, 5.41) is 13.7. The Morgan fingerprint density at radius 1 is 1.03 bits per heavy atom. The zero-order chi connectivity index (χ0) is 22.5. The molecule has 1 fully saturated rings. The Hall–Kier alpha value is -2.99. The molecule has 2 aromatic carbocycles. The summed E-state index contributed by atoms with van der Waals surface area (Å²) >= 11 is 0. The van der Waals surface area contributed by atoms with Gasteiger partial charge in [-0.05, 0) is 62.1 Å². The van der Waals surface area contributed by atoms with Crippen molar-refractivity contribution in [2.75, 3.05) is 13.2 Å². The van der Waals surface area contributed by atoms with Crippen LogP contribution >= 0.6 is 0 Å². The van der Waals surface area contributed by atoms with Gasteiger partial charge in [-0.3, -0.25) is 4.68 Å². The molecule has 0 atom stereocenters. The third-order valence-electron chi connectivity index (χ3n) is 6.36. The fourth-order valence-corrected chi connectivity index (χ4v) is 4.62. The van der Waals surface area contributed by atoms with E-state index in [-0.39, 0.29) is 12.4 Å². The monoisotopic (exact) mass is 436 g/mol. The van der Waals surface area contributed by atoms with Crippen molar-refractivity contribution in [2.24, 2.45) is 11.8 Å². The van der Waals surface area contributed by atoms with Crippen LogP contribution < -0.4 is 0 Å². The van der Waals surface area contributed by atoms with E-state index in [1.54, 1.807) is 0 Å². The van der Waals surface area contributed by atoms with E-state index >= 15 is 0 Å². The van der Waals surface area contributed by atoms with Gasteiger partial charge in [0.05, 0.1) is 6.61 Å². The van der Waals surface area contributed by atoms with E-state index in [4.69, 9.17) is 14.9 Å². The second-order valence-corrected chi connectivity index (χ2v) is 8.66. The Morgan fingerprint density at radius 3 is 2.34 bits per heavy atom. The Labute approximate surface area is 187 Å². The average molecular weight is 437 g/mol. The van der Waals surface area contributed by atoms with Crippen molar-refractivity contribution in [3.8, 4) is 22.4 Å². The van der Waals surface area contributed by atoms with Crippen LogP contribution in [-0.2, 0) is 16.1 Å². The summed E-state index contributed by atoms with van der Waals surface area (Å²) in [6.07, 6.45) is 4.24. The first-order valence-electron chi connectivity index (χ1n) is 11.2. The topological polar surface area (TPSA) is 64.4 Å². The van der Waals surface area contributed by atoms with E-state index in [1.165, 1.54) is 12.1 Å². The largest absolute Gasteiger partial charge is 0.480 e. The molecule has 32 heavy (non-hydrogen) atoms. The number of hydrogen-bond acceptors (Lipinski definition) is 3. The zero-order valence-electron chi connectivity index (χ0n) is 18.3. The van der Waals surface area contributed by atoms with Gasteiger partial charge in [-0.25, -0.2) is 9.18 Å². The lowest BCUT2D eigenvalue weighted by atomic mass is 9.82. The third-order valence-corrected chi connectivity index (χ3v) is 6.36. The van der Waals surface area contributed by atoms with Crippen LogP contribution in [0.4, 0.5) is 4.39 Å². The van der Waals surface area contributed by atoms with Gasteiger partial charge in [-0.1, -0.05) is 42.5 Å². The van der Waals surface area contributed by atoms with Crippen LogP contribution in [0.2, 0.25) is 0 Å². The minimum Gasteiger partial charge on any atom is -0.480 e. The summed E-state index contributed by atoms with van der Waals surface area (Å²) in [4.78, 5) is 10.6. The molecule has 0 amide bonds. The summed E-state index contributed by atoms with van der Waals surface area (Å²) < 4.78 is 20.9. The molecule has 5 nitrogen and oxygen atoms in total. The van der Waals surface area contributed by atoms with Crippen molar-refractivity contribution in [2.45, 2.75) is 39.2 Å². The van der Waals surface area contributed by atoms with Gasteiger partial charge in [0, 0.05) is 23.4 Å². The first-order valence-corrected chi connectivity index (χ1v) is 11.2. The van der Waals surface area contributed by atoms with Crippen LogP contribution in [0, 0.1) is 24.6 Å². The van der Waals surface area contributed by atoms with Gasteiger partial charge in [0.1, 0.15) is 18.1 Å². The number of rotatable bonds is 8. The van der Waals surface area contributed by atoms with Gasteiger partial charge in [0.25, 0.3) is 0 Å². The van der Waals surface area contributed by atoms with Gasteiger partial charge in [-0.15, -0.1) is 0 Å². The minimum atomic E-state index is -0.918. The third kappa shape index (κ3) is 5.25. The molecule has 0 unspecified atom stereocenters. The molecule has 1 aliphatic rings. The molecule has 6 heteroatoms. The van der Waals surface area contributed by atoms with Crippen LogP contribution in [0.1, 0.15) is 31.4 Å².